The molecule has 0 saturated carbocycles. The number of pyridine rings is 1. The van der Waals surface area contributed by atoms with Gasteiger partial charge in [-0.1, -0.05) is 11.6 Å². The number of Topliss-reactive ketones (excluding diaryl/α,β-unsaturated/α-hetero) is 1. The van der Waals surface area contributed by atoms with Crippen molar-refractivity contribution in [3.8, 4) is 0 Å². The fourth-order valence-corrected chi connectivity index (χ4v) is 3.15. The highest BCUT2D eigenvalue weighted by Gasteiger charge is 2.29. The van der Waals surface area contributed by atoms with Crippen LogP contribution in [0.15, 0.2) is 36.5 Å². The van der Waals surface area contributed by atoms with E-state index in [1.807, 2.05) is 0 Å². The van der Waals surface area contributed by atoms with E-state index in [4.69, 9.17) is 11.6 Å². The van der Waals surface area contributed by atoms with Crippen LogP contribution in [0, 0.1) is 21.8 Å². The maximum Gasteiger partial charge on any atom is 0.313 e. The molecule has 1 aromatic heterocycles. The number of carbonyl (C=O) groups excluding carboxylic acids is 1. The van der Waals surface area contributed by atoms with Crippen molar-refractivity contribution >= 4 is 28.9 Å². The van der Waals surface area contributed by atoms with Gasteiger partial charge in [0.1, 0.15) is 5.82 Å². The Morgan fingerprint density at radius 3 is 2.52 bits per heavy atom. The SMILES string of the molecule is O=C(c1ccc(F)cc1)C1CCN(c2ncc(Cl)cc2[N+](=O)[O-])CC1. The zero-order chi connectivity index (χ0) is 18.0. The van der Waals surface area contributed by atoms with Crippen molar-refractivity contribution in [3.63, 3.8) is 0 Å². The second kappa shape index (κ2) is 7.14. The molecule has 6 nitrogen and oxygen atoms in total. The van der Waals surface area contributed by atoms with Crippen molar-refractivity contribution in [1.29, 1.82) is 0 Å². The summed E-state index contributed by atoms with van der Waals surface area (Å²) < 4.78 is 13.0. The number of carbonyl (C=O) groups is 1. The van der Waals surface area contributed by atoms with E-state index in [1.54, 1.807) is 4.90 Å². The molecule has 0 aliphatic carbocycles. The number of aromatic nitrogens is 1. The quantitative estimate of drug-likeness (QED) is 0.468. The Balaban J connectivity index is 1.71. The minimum Gasteiger partial charge on any atom is -0.351 e. The van der Waals surface area contributed by atoms with Gasteiger partial charge in [0.2, 0.25) is 5.82 Å². The Kier molecular flexibility index (Phi) is 4.94. The predicted octanol–water partition coefficient (Wildman–Crippen LogP) is 3.88. The van der Waals surface area contributed by atoms with Gasteiger partial charge in [0.15, 0.2) is 5.78 Å². The smallest absolute Gasteiger partial charge is 0.313 e. The number of rotatable bonds is 4. The lowest BCUT2D eigenvalue weighted by Crippen LogP contribution is -2.37. The third kappa shape index (κ3) is 3.76. The first kappa shape index (κ1) is 17.3. The minimum atomic E-state index is -0.510. The Morgan fingerprint density at radius 2 is 1.92 bits per heavy atom. The monoisotopic (exact) mass is 363 g/mol. The van der Waals surface area contributed by atoms with Gasteiger partial charge in [-0.25, -0.2) is 9.37 Å². The number of nitrogens with zero attached hydrogens (tertiary/aromatic N) is 3. The Morgan fingerprint density at radius 1 is 1.28 bits per heavy atom. The molecule has 0 N–H and O–H groups in total. The zero-order valence-corrected chi connectivity index (χ0v) is 13.9. The summed E-state index contributed by atoms with van der Waals surface area (Å²) in [6, 6.07) is 6.78. The third-order valence-electron chi connectivity index (χ3n) is 4.30. The van der Waals surface area contributed by atoms with Gasteiger partial charge in [0.25, 0.3) is 0 Å². The van der Waals surface area contributed by atoms with Crippen molar-refractivity contribution < 1.29 is 14.1 Å². The highest BCUT2D eigenvalue weighted by Crippen LogP contribution is 2.32. The van der Waals surface area contributed by atoms with Crippen LogP contribution >= 0.6 is 11.6 Å². The van der Waals surface area contributed by atoms with Crippen molar-refractivity contribution in [3.05, 3.63) is 63.0 Å². The van der Waals surface area contributed by atoms with E-state index >= 15 is 0 Å². The summed E-state index contributed by atoms with van der Waals surface area (Å²) >= 11 is 5.79. The zero-order valence-electron chi connectivity index (χ0n) is 13.2. The molecule has 3 rings (SSSR count). The predicted molar refractivity (Wildman–Crippen MR) is 91.6 cm³/mol. The lowest BCUT2D eigenvalue weighted by molar-refractivity contribution is -0.384. The van der Waals surface area contributed by atoms with Gasteiger partial charge < -0.3 is 4.90 Å². The molecule has 1 aliphatic heterocycles. The van der Waals surface area contributed by atoms with Crippen LogP contribution in [-0.4, -0.2) is 28.8 Å². The van der Waals surface area contributed by atoms with E-state index in [-0.39, 0.29) is 34.0 Å². The fraction of sp³-hybridized carbons (Fsp3) is 0.294. The summed E-state index contributed by atoms with van der Waals surface area (Å²) in [5.41, 5.74) is 0.339. The summed E-state index contributed by atoms with van der Waals surface area (Å²) in [6.07, 6.45) is 2.48. The highest BCUT2D eigenvalue weighted by molar-refractivity contribution is 6.30. The third-order valence-corrected chi connectivity index (χ3v) is 4.51. The lowest BCUT2D eigenvalue weighted by atomic mass is 9.89. The summed E-state index contributed by atoms with van der Waals surface area (Å²) in [6.45, 7) is 0.958. The number of anilines is 1. The van der Waals surface area contributed by atoms with Crippen LogP contribution in [-0.2, 0) is 0 Å². The van der Waals surface area contributed by atoms with Gasteiger partial charge in [-0.15, -0.1) is 0 Å². The van der Waals surface area contributed by atoms with Gasteiger partial charge in [0, 0.05) is 36.8 Å². The first-order chi connectivity index (χ1) is 12.0. The number of nitro groups is 1. The fourth-order valence-electron chi connectivity index (χ4n) is 3.00. The van der Waals surface area contributed by atoms with Crippen molar-refractivity contribution in [2.75, 3.05) is 18.0 Å². The summed E-state index contributed by atoms with van der Waals surface area (Å²) in [5.74, 6) is -0.333. The standard InChI is InChI=1S/C17H15ClFN3O3/c18-13-9-15(22(24)25)17(20-10-13)21-7-5-12(6-8-21)16(23)11-1-3-14(19)4-2-11/h1-4,9-10,12H,5-8H2. The Bertz CT molecular complexity index is 805. The van der Waals surface area contributed by atoms with E-state index in [9.17, 15) is 19.3 Å². The molecule has 8 heteroatoms. The molecular weight excluding hydrogens is 349 g/mol. The highest BCUT2D eigenvalue weighted by atomic mass is 35.5. The number of ketones is 1. The van der Waals surface area contributed by atoms with Crippen LogP contribution in [0.5, 0.6) is 0 Å². The molecule has 130 valence electrons. The van der Waals surface area contributed by atoms with Crippen LogP contribution in [0.2, 0.25) is 5.02 Å². The van der Waals surface area contributed by atoms with Crippen LogP contribution in [0.3, 0.4) is 0 Å². The lowest BCUT2D eigenvalue weighted by Gasteiger charge is -2.31. The molecule has 2 aromatic rings. The Labute approximate surface area is 148 Å². The first-order valence-electron chi connectivity index (χ1n) is 7.80. The van der Waals surface area contributed by atoms with Crippen molar-refractivity contribution in [2.45, 2.75) is 12.8 Å². The van der Waals surface area contributed by atoms with E-state index in [0.29, 0.717) is 31.5 Å². The average molecular weight is 364 g/mol. The molecule has 1 saturated heterocycles. The van der Waals surface area contributed by atoms with Gasteiger partial charge in [-0.3, -0.25) is 14.9 Å². The normalized spacial score (nSPS) is 15.2. The molecule has 0 bridgehead atoms. The first-order valence-corrected chi connectivity index (χ1v) is 8.18. The van der Waals surface area contributed by atoms with Crippen LogP contribution < -0.4 is 4.90 Å². The van der Waals surface area contributed by atoms with Crippen LogP contribution in [0.25, 0.3) is 0 Å². The second-order valence-corrected chi connectivity index (χ2v) is 6.32. The van der Waals surface area contributed by atoms with Crippen molar-refractivity contribution in [1.82, 2.24) is 4.98 Å². The number of hydrogen-bond acceptors (Lipinski definition) is 5. The summed E-state index contributed by atoms with van der Waals surface area (Å²) in [5, 5.41) is 11.4. The molecule has 0 atom stereocenters. The van der Waals surface area contributed by atoms with E-state index in [2.05, 4.69) is 4.98 Å². The molecule has 0 spiro atoms. The van der Waals surface area contributed by atoms with Gasteiger partial charge >= 0.3 is 5.69 Å². The molecule has 0 radical (unpaired) electrons. The van der Waals surface area contributed by atoms with E-state index in [1.165, 1.54) is 36.5 Å². The Hall–Kier alpha value is -2.54. The number of piperidine rings is 1. The molecule has 1 fully saturated rings. The van der Waals surface area contributed by atoms with Crippen molar-refractivity contribution in [2.24, 2.45) is 5.92 Å². The van der Waals surface area contributed by atoms with E-state index < -0.39 is 4.92 Å². The second-order valence-electron chi connectivity index (χ2n) is 5.89. The average Bonchev–Trinajstić information content (AvgIpc) is 2.62. The summed E-state index contributed by atoms with van der Waals surface area (Å²) in [7, 11) is 0. The van der Waals surface area contributed by atoms with E-state index in [0.717, 1.165) is 0 Å². The van der Waals surface area contributed by atoms with Crippen LogP contribution in [0.1, 0.15) is 23.2 Å². The molecule has 2 heterocycles. The van der Waals surface area contributed by atoms with Crippen LogP contribution in [0.4, 0.5) is 15.9 Å². The number of halogens is 2. The van der Waals surface area contributed by atoms with Gasteiger partial charge in [-0.05, 0) is 37.1 Å². The largest absolute Gasteiger partial charge is 0.351 e. The molecule has 1 aromatic carbocycles. The topological polar surface area (TPSA) is 76.3 Å². The maximum absolute atomic E-state index is 13.0. The molecule has 1 aliphatic rings. The minimum absolute atomic E-state index is 0.0294. The molecule has 0 amide bonds. The maximum atomic E-state index is 13.0. The summed E-state index contributed by atoms with van der Waals surface area (Å²) in [4.78, 5) is 29.1. The molecular formula is C17H15ClFN3O3. The van der Waals surface area contributed by atoms with Gasteiger partial charge in [-0.2, -0.15) is 0 Å². The molecule has 0 unspecified atom stereocenters. The van der Waals surface area contributed by atoms with Gasteiger partial charge in [0.05, 0.1) is 9.95 Å². The number of benzene rings is 1. The molecule has 25 heavy (non-hydrogen) atoms. The number of hydrogen-bond donors (Lipinski definition) is 0.